The predicted octanol–water partition coefficient (Wildman–Crippen LogP) is 1.94. The topological polar surface area (TPSA) is 58.2 Å². The van der Waals surface area contributed by atoms with Crippen LogP contribution in [0.5, 0.6) is 0 Å². The second kappa shape index (κ2) is 7.58. The molecule has 0 bridgehead atoms. The van der Waals surface area contributed by atoms with Crippen LogP contribution in [0.4, 0.5) is 4.79 Å². The number of hydrogen-bond acceptors (Lipinski definition) is 3. The van der Waals surface area contributed by atoms with Crippen LogP contribution in [0, 0.1) is 0 Å². The van der Waals surface area contributed by atoms with Crippen LogP contribution < -0.4 is 10.6 Å². The van der Waals surface area contributed by atoms with E-state index in [4.69, 9.17) is 0 Å². The average molecular weight is 258 g/mol. The summed E-state index contributed by atoms with van der Waals surface area (Å²) in [5.74, 6) is 1.02. The number of thioether (sulfide) groups is 1. The average Bonchev–Trinajstić information content (AvgIpc) is 2.87. The molecule has 3 atom stereocenters. The van der Waals surface area contributed by atoms with Gasteiger partial charge in [-0.05, 0) is 12.8 Å². The molecule has 2 aliphatic heterocycles. The maximum Gasteiger partial charge on any atom is 0.315 e. The number of unbranched alkanes of at least 4 members (excludes halogenated alkanes) is 2. The number of amides is 2. The summed E-state index contributed by atoms with van der Waals surface area (Å²) in [5, 5.41) is 6.42. The van der Waals surface area contributed by atoms with E-state index >= 15 is 0 Å². The highest BCUT2D eigenvalue weighted by Gasteiger charge is 2.42. The Labute approximate surface area is 107 Å². The van der Waals surface area contributed by atoms with Crippen molar-refractivity contribution in [2.45, 2.75) is 56.9 Å². The Morgan fingerprint density at radius 1 is 1.35 bits per heavy atom. The summed E-state index contributed by atoms with van der Waals surface area (Å²) in [6, 6.07) is 0.598. The number of carbonyl (C=O) groups is 2. The highest BCUT2D eigenvalue weighted by atomic mass is 32.2. The van der Waals surface area contributed by atoms with Gasteiger partial charge < -0.3 is 15.4 Å². The summed E-state index contributed by atoms with van der Waals surface area (Å²) in [6.45, 7) is 4.00. The van der Waals surface area contributed by atoms with Gasteiger partial charge in [-0.25, -0.2) is 4.79 Å². The molecule has 2 fully saturated rings. The Balaban J connectivity index is 0.000000686. The largest absolute Gasteiger partial charge is 0.332 e. The summed E-state index contributed by atoms with van der Waals surface area (Å²) < 4.78 is 0. The SMILES string of the molecule is CC.O=CCCCCC1SC[C@@H]2NC(=O)N[C@H]12. The van der Waals surface area contributed by atoms with E-state index in [0.717, 1.165) is 31.3 Å². The Bertz CT molecular complexity index is 261. The van der Waals surface area contributed by atoms with Gasteiger partial charge in [0.1, 0.15) is 6.29 Å². The van der Waals surface area contributed by atoms with E-state index in [9.17, 15) is 9.59 Å². The number of hydrogen-bond donors (Lipinski definition) is 2. The molecule has 17 heavy (non-hydrogen) atoms. The van der Waals surface area contributed by atoms with Gasteiger partial charge in [-0.1, -0.05) is 20.3 Å². The maximum atomic E-state index is 11.1. The number of fused-ring (bicyclic) bond motifs is 1. The van der Waals surface area contributed by atoms with Crippen molar-refractivity contribution >= 4 is 24.1 Å². The van der Waals surface area contributed by atoms with E-state index in [-0.39, 0.29) is 6.03 Å². The monoisotopic (exact) mass is 258 g/mol. The zero-order valence-electron chi connectivity index (χ0n) is 10.6. The van der Waals surface area contributed by atoms with E-state index < -0.39 is 0 Å². The molecule has 0 saturated carbocycles. The quantitative estimate of drug-likeness (QED) is 0.450. The molecular formula is C12H22N2O2S. The molecule has 0 radical (unpaired) electrons. The van der Waals surface area contributed by atoms with Gasteiger partial charge >= 0.3 is 6.03 Å². The van der Waals surface area contributed by atoms with Crippen LogP contribution in [-0.2, 0) is 4.79 Å². The van der Waals surface area contributed by atoms with E-state index in [1.807, 2.05) is 25.6 Å². The van der Waals surface area contributed by atoms with Gasteiger partial charge in [0.2, 0.25) is 0 Å². The van der Waals surface area contributed by atoms with Gasteiger partial charge in [-0.15, -0.1) is 0 Å². The highest BCUT2D eigenvalue weighted by molar-refractivity contribution is 8.00. The normalized spacial score (nSPS) is 29.8. The second-order valence-corrected chi connectivity index (χ2v) is 5.35. The van der Waals surface area contributed by atoms with Crippen molar-refractivity contribution in [3.05, 3.63) is 0 Å². The van der Waals surface area contributed by atoms with Crippen LogP contribution in [-0.4, -0.2) is 35.4 Å². The Morgan fingerprint density at radius 2 is 2.12 bits per heavy atom. The third kappa shape index (κ3) is 3.91. The summed E-state index contributed by atoms with van der Waals surface area (Å²) >= 11 is 1.93. The first kappa shape index (κ1) is 14.4. The first-order chi connectivity index (χ1) is 8.31. The molecule has 0 spiro atoms. The molecule has 2 saturated heterocycles. The molecule has 98 valence electrons. The molecule has 2 amide bonds. The number of rotatable bonds is 5. The lowest BCUT2D eigenvalue weighted by Gasteiger charge is -2.15. The zero-order valence-corrected chi connectivity index (χ0v) is 11.4. The van der Waals surface area contributed by atoms with Crippen molar-refractivity contribution in [1.29, 1.82) is 0 Å². The summed E-state index contributed by atoms with van der Waals surface area (Å²) in [7, 11) is 0. The van der Waals surface area contributed by atoms with Crippen LogP contribution >= 0.6 is 11.8 Å². The van der Waals surface area contributed by atoms with Gasteiger partial charge in [0.15, 0.2) is 0 Å². The van der Waals surface area contributed by atoms with Crippen molar-refractivity contribution in [2.24, 2.45) is 0 Å². The number of aldehydes is 1. The Kier molecular flexibility index (Phi) is 6.40. The van der Waals surface area contributed by atoms with E-state index in [0.29, 0.717) is 23.8 Å². The second-order valence-electron chi connectivity index (χ2n) is 4.07. The summed E-state index contributed by atoms with van der Waals surface area (Å²) in [6.07, 6.45) is 4.79. The third-order valence-corrected chi connectivity index (χ3v) is 4.51. The fourth-order valence-corrected chi connectivity index (χ4v) is 3.76. The molecule has 0 aromatic carbocycles. The molecule has 1 unspecified atom stereocenters. The molecule has 4 nitrogen and oxygen atoms in total. The van der Waals surface area contributed by atoms with E-state index in [1.54, 1.807) is 0 Å². The Hall–Kier alpha value is -0.710. The molecule has 2 rings (SSSR count). The smallest absolute Gasteiger partial charge is 0.315 e. The maximum absolute atomic E-state index is 11.1. The molecular weight excluding hydrogens is 236 g/mol. The predicted molar refractivity (Wildman–Crippen MR) is 71.4 cm³/mol. The van der Waals surface area contributed by atoms with Crippen LogP contribution in [0.2, 0.25) is 0 Å². The molecule has 2 heterocycles. The van der Waals surface area contributed by atoms with Crippen molar-refractivity contribution < 1.29 is 9.59 Å². The minimum Gasteiger partial charge on any atom is -0.332 e. The van der Waals surface area contributed by atoms with Crippen molar-refractivity contribution in [1.82, 2.24) is 10.6 Å². The molecule has 2 aliphatic rings. The molecule has 2 N–H and O–H groups in total. The first-order valence-electron chi connectivity index (χ1n) is 6.43. The van der Waals surface area contributed by atoms with Crippen LogP contribution in [0.1, 0.15) is 39.5 Å². The molecule has 0 aliphatic carbocycles. The number of carbonyl (C=O) groups excluding carboxylic acids is 2. The van der Waals surface area contributed by atoms with Gasteiger partial charge in [0.25, 0.3) is 0 Å². The van der Waals surface area contributed by atoms with Crippen molar-refractivity contribution in [3.8, 4) is 0 Å². The minimum absolute atomic E-state index is 0.0248. The zero-order chi connectivity index (χ0) is 12.7. The molecule has 5 heteroatoms. The van der Waals surface area contributed by atoms with Gasteiger partial charge in [0, 0.05) is 17.4 Å². The fourth-order valence-electron chi connectivity index (χ4n) is 2.22. The lowest BCUT2D eigenvalue weighted by Crippen LogP contribution is -2.36. The van der Waals surface area contributed by atoms with Gasteiger partial charge in [0.05, 0.1) is 12.1 Å². The standard InChI is InChI=1S/C10H16N2O2S.C2H6/c13-5-3-1-2-4-8-9-7(6-15-8)11-10(14)12-9;1-2/h5,7-9H,1-4,6H2,(H2,11,12,14);1-2H3/t7-,8?,9-;/m0./s1. The Morgan fingerprint density at radius 3 is 2.82 bits per heavy atom. The van der Waals surface area contributed by atoms with Gasteiger partial charge in [-0.2, -0.15) is 11.8 Å². The number of nitrogens with one attached hydrogen (secondary N) is 2. The molecule has 0 aromatic heterocycles. The van der Waals surface area contributed by atoms with E-state index in [1.165, 1.54) is 0 Å². The van der Waals surface area contributed by atoms with E-state index in [2.05, 4.69) is 10.6 Å². The number of urea groups is 1. The fraction of sp³-hybridized carbons (Fsp3) is 0.833. The summed E-state index contributed by atoms with van der Waals surface area (Å²) in [5.41, 5.74) is 0. The lowest BCUT2D eigenvalue weighted by atomic mass is 10.0. The molecule has 0 aromatic rings. The summed E-state index contributed by atoms with van der Waals surface area (Å²) in [4.78, 5) is 21.3. The van der Waals surface area contributed by atoms with Crippen LogP contribution in [0.25, 0.3) is 0 Å². The van der Waals surface area contributed by atoms with Gasteiger partial charge in [-0.3, -0.25) is 0 Å². The van der Waals surface area contributed by atoms with Crippen LogP contribution in [0.15, 0.2) is 0 Å². The van der Waals surface area contributed by atoms with Crippen molar-refractivity contribution in [3.63, 3.8) is 0 Å². The minimum atomic E-state index is -0.0248. The third-order valence-electron chi connectivity index (χ3n) is 3.00. The first-order valence-corrected chi connectivity index (χ1v) is 7.48. The van der Waals surface area contributed by atoms with Crippen molar-refractivity contribution in [2.75, 3.05) is 5.75 Å². The highest BCUT2D eigenvalue weighted by Crippen LogP contribution is 2.33. The lowest BCUT2D eigenvalue weighted by molar-refractivity contribution is -0.107. The van der Waals surface area contributed by atoms with Crippen LogP contribution in [0.3, 0.4) is 0 Å².